The standard InChI is InChI=1S/C13H23N3O4S/c1-13(2,3)20-12(17)15-6-5-11-9-14-10-16(11)7-8-21(4,18)19/h9-10H,5-8H2,1-4H3,(H,15,17). The first-order valence-corrected chi connectivity index (χ1v) is 8.76. The molecule has 0 aliphatic carbocycles. The first-order chi connectivity index (χ1) is 9.57. The van der Waals surface area contributed by atoms with Crippen molar-refractivity contribution in [3.8, 4) is 0 Å². The zero-order valence-electron chi connectivity index (χ0n) is 12.9. The molecule has 0 bridgehead atoms. The van der Waals surface area contributed by atoms with Crippen LogP contribution >= 0.6 is 0 Å². The van der Waals surface area contributed by atoms with E-state index in [1.165, 1.54) is 6.26 Å². The molecule has 1 heterocycles. The molecule has 0 aromatic carbocycles. The lowest BCUT2D eigenvalue weighted by Gasteiger charge is -2.19. The molecule has 1 amide bonds. The van der Waals surface area contributed by atoms with Gasteiger partial charge >= 0.3 is 6.09 Å². The van der Waals surface area contributed by atoms with Gasteiger partial charge in [0, 0.05) is 37.7 Å². The van der Waals surface area contributed by atoms with Crippen LogP contribution in [0.1, 0.15) is 26.5 Å². The van der Waals surface area contributed by atoms with E-state index in [0.29, 0.717) is 19.5 Å². The molecule has 120 valence electrons. The van der Waals surface area contributed by atoms with Gasteiger partial charge in [-0.3, -0.25) is 0 Å². The second-order valence-electron chi connectivity index (χ2n) is 5.89. The molecule has 21 heavy (non-hydrogen) atoms. The molecule has 0 spiro atoms. The van der Waals surface area contributed by atoms with Crippen molar-refractivity contribution >= 4 is 15.9 Å². The van der Waals surface area contributed by atoms with E-state index in [1.807, 2.05) is 0 Å². The van der Waals surface area contributed by atoms with Gasteiger partial charge in [0.2, 0.25) is 0 Å². The fourth-order valence-electron chi connectivity index (χ4n) is 1.63. The molecule has 1 rings (SSSR count). The number of nitrogens with zero attached hydrogens (tertiary/aromatic N) is 2. The SMILES string of the molecule is CC(C)(C)OC(=O)NCCc1cncn1CCS(C)(=O)=O. The number of aryl methyl sites for hydroxylation is 1. The van der Waals surface area contributed by atoms with Crippen molar-refractivity contribution in [1.29, 1.82) is 0 Å². The van der Waals surface area contributed by atoms with Crippen molar-refractivity contribution in [3.05, 3.63) is 18.2 Å². The van der Waals surface area contributed by atoms with Crippen LogP contribution in [0.2, 0.25) is 0 Å². The Kier molecular flexibility index (Phi) is 5.77. The summed E-state index contributed by atoms with van der Waals surface area (Å²) in [5.41, 5.74) is 0.344. The number of ether oxygens (including phenoxy) is 1. The number of nitrogens with one attached hydrogen (secondary N) is 1. The fraction of sp³-hybridized carbons (Fsp3) is 0.692. The Morgan fingerprint density at radius 3 is 2.67 bits per heavy atom. The van der Waals surface area contributed by atoms with Crippen molar-refractivity contribution < 1.29 is 17.9 Å². The zero-order chi connectivity index (χ0) is 16.1. The summed E-state index contributed by atoms with van der Waals surface area (Å²) in [6.07, 6.45) is 4.55. The number of hydrogen-bond donors (Lipinski definition) is 1. The van der Waals surface area contributed by atoms with Crippen molar-refractivity contribution in [1.82, 2.24) is 14.9 Å². The van der Waals surface area contributed by atoms with Crippen LogP contribution in [-0.4, -0.2) is 48.2 Å². The van der Waals surface area contributed by atoms with Crippen molar-refractivity contribution in [3.63, 3.8) is 0 Å². The number of carbonyl (C=O) groups excluding carboxylic acids is 1. The molecule has 0 radical (unpaired) electrons. The number of rotatable bonds is 6. The highest BCUT2D eigenvalue weighted by atomic mass is 32.2. The molecule has 0 fully saturated rings. The second kappa shape index (κ2) is 6.93. The number of sulfone groups is 1. The summed E-state index contributed by atoms with van der Waals surface area (Å²) in [7, 11) is -3.01. The monoisotopic (exact) mass is 317 g/mol. The average molecular weight is 317 g/mol. The number of carbonyl (C=O) groups is 1. The maximum absolute atomic E-state index is 11.5. The summed E-state index contributed by atoms with van der Waals surface area (Å²) in [4.78, 5) is 15.5. The largest absolute Gasteiger partial charge is 0.444 e. The van der Waals surface area contributed by atoms with E-state index in [1.54, 1.807) is 37.9 Å². The summed E-state index contributed by atoms with van der Waals surface area (Å²) in [5, 5.41) is 2.66. The van der Waals surface area contributed by atoms with Crippen LogP contribution < -0.4 is 5.32 Å². The van der Waals surface area contributed by atoms with E-state index in [9.17, 15) is 13.2 Å². The molecule has 0 unspecified atom stereocenters. The van der Waals surface area contributed by atoms with Gasteiger partial charge in [-0.25, -0.2) is 18.2 Å². The second-order valence-corrected chi connectivity index (χ2v) is 8.15. The van der Waals surface area contributed by atoms with Gasteiger partial charge in [0.15, 0.2) is 0 Å². The number of hydrogen-bond acceptors (Lipinski definition) is 5. The van der Waals surface area contributed by atoms with Gasteiger partial charge in [-0.15, -0.1) is 0 Å². The fourth-order valence-corrected chi connectivity index (χ4v) is 2.16. The van der Waals surface area contributed by atoms with Crippen molar-refractivity contribution in [2.75, 3.05) is 18.6 Å². The van der Waals surface area contributed by atoms with Crippen LogP contribution in [-0.2, 0) is 27.5 Å². The Morgan fingerprint density at radius 1 is 1.43 bits per heavy atom. The third-order valence-corrected chi connectivity index (χ3v) is 3.48. The first kappa shape index (κ1) is 17.5. The molecular weight excluding hydrogens is 294 g/mol. The lowest BCUT2D eigenvalue weighted by molar-refractivity contribution is 0.0528. The molecule has 0 saturated carbocycles. The molecule has 7 nitrogen and oxygen atoms in total. The molecule has 0 saturated heterocycles. The van der Waals surface area contributed by atoms with Gasteiger partial charge in [-0.05, 0) is 20.8 Å². The molecule has 1 N–H and O–H groups in total. The maximum Gasteiger partial charge on any atom is 0.407 e. The number of alkyl carbamates (subject to hydrolysis) is 1. The van der Waals surface area contributed by atoms with E-state index < -0.39 is 21.5 Å². The average Bonchev–Trinajstić information content (AvgIpc) is 2.70. The predicted molar refractivity (Wildman–Crippen MR) is 79.9 cm³/mol. The molecule has 0 aliphatic heterocycles. The van der Waals surface area contributed by atoms with Crippen LogP contribution in [0.3, 0.4) is 0 Å². The van der Waals surface area contributed by atoms with Gasteiger partial charge in [0.25, 0.3) is 0 Å². The normalized spacial score (nSPS) is 12.2. The summed E-state index contributed by atoms with van der Waals surface area (Å²) >= 11 is 0. The van der Waals surface area contributed by atoms with E-state index in [2.05, 4.69) is 10.3 Å². The summed E-state index contributed by atoms with van der Waals surface area (Å²) in [5.74, 6) is 0.0653. The minimum absolute atomic E-state index is 0.0653. The summed E-state index contributed by atoms with van der Waals surface area (Å²) in [6.45, 7) is 6.16. The van der Waals surface area contributed by atoms with Crippen molar-refractivity contribution in [2.45, 2.75) is 39.3 Å². The Morgan fingerprint density at radius 2 is 2.10 bits per heavy atom. The highest BCUT2D eigenvalue weighted by Gasteiger charge is 2.15. The Bertz CT molecular complexity index is 572. The first-order valence-electron chi connectivity index (χ1n) is 6.70. The minimum Gasteiger partial charge on any atom is -0.444 e. The van der Waals surface area contributed by atoms with Crippen LogP contribution in [0.4, 0.5) is 4.79 Å². The van der Waals surface area contributed by atoms with Gasteiger partial charge in [0.1, 0.15) is 15.4 Å². The predicted octanol–water partition coefficient (Wildman–Crippen LogP) is 0.995. The molecular formula is C13H23N3O4S. The summed E-state index contributed by atoms with van der Waals surface area (Å²) in [6, 6.07) is 0. The smallest absolute Gasteiger partial charge is 0.407 e. The Hall–Kier alpha value is -1.57. The van der Waals surface area contributed by atoms with Gasteiger partial charge in [0.05, 0.1) is 12.1 Å². The molecule has 8 heteroatoms. The highest BCUT2D eigenvalue weighted by Crippen LogP contribution is 2.06. The number of imidazole rings is 1. The molecule has 1 aromatic heterocycles. The van der Waals surface area contributed by atoms with E-state index in [4.69, 9.17) is 4.74 Å². The number of amides is 1. The highest BCUT2D eigenvalue weighted by molar-refractivity contribution is 7.90. The van der Waals surface area contributed by atoms with E-state index in [-0.39, 0.29) is 5.75 Å². The third-order valence-electron chi connectivity index (χ3n) is 2.55. The molecule has 1 aromatic rings. The van der Waals surface area contributed by atoms with Gasteiger partial charge < -0.3 is 14.6 Å². The topological polar surface area (TPSA) is 90.3 Å². The summed E-state index contributed by atoms with van der Waals surface area (Å²) < 4.78 is 29.2. The molecule has 0 aliphatic rings. The molecule has 0 atom stereocenters. The van der Waals surface area contributed by atoms with E-state index in [0.717, 1.165) is 5.69 Å². The third kappa shape index (κ3) is 7.69. The quantitative estimate of drug-likeness (QED) is 0.845. The lowest BCUT2D eigenvalue weighted by atomic mass is 10.2. The van der Waals surface area contributed by atoms with Crippen LogP contribution in [0.15, 0.2) is 12.5 Å². The zero-order valence-corrected chi connectivity index (χ0v) is 13.7. The minimum atomic E-state index is -3.01. The maximum atomic E-state index is 11.5. The van der Waals surface area contributed by atoms with Crippen molar-refractivity contribution in [2.24, 2.45) is 0 Å². The Labute approximate surface area is 125 Å². The van der Waals surface area contributed by atoms with Gasteiger partial charge in [-0.1, -0.05) is 0 Å². The van der Waals surface area contributed by atoms with Crippen LogP contribution in [0.25, 0.3) is 0 Å². The lowest BCUT2D eigenvalue weighted by Crippen LogP contribution is -2.33. The van der Waals surface area contributed by atoms with E-state index >= 15 is 0 Å². The number of aromatic nitrogens is 2. The van der Waals surface area contributed by atoms with Crippen LogP contribution in [0.5, 0.6) is 0 Å². The van der Waals surface area contributed by atoms with Gasteiger partial charge in [-0.2, -0.15) is 0 Å². The van der Waals surface area contributed by atoms with Crippen LogP contribution in [0, 0.1) is 0 Å². The Balaban J connectivity index is 2.43.